The lowest BCUT2D eigenvalue weighted by Gasteiger charge is -2.11. The van der Waals surface area contributed by atoms with Gasteiger partial charge in [0.2, 0.25) is 0 Å². The fraction of sp³-hybridized carbons (Fsp3) is 0.538. The number of benzene rings is 1. The van der Waals surface area contributed by atoms with Crippen LogP contribution in [0.25, 0.3) is 0 Å². The highest BCUT2D eigenvalue weighted by atomic mass is 35.5. The standard InChI is InChI=1S/C13H20ClFN2/c1-9(7-16)3-4-17-8-11-6-13(15)10(2)5-12(11)14/h5-6,9,17H,3-4,7-8,16H2,1-2H3. The van der Waals surface area contributed by atoms with Crippen molar-refractivity contribution in [2.45, 2.75) is 26.8 Å². The molecule has 4 heteroatoms. The molecule has 1 rings (SSSR count). The minimum Gasteiger partial charge on any atom is -0.330 e. The minimum absolute atomic E-state index is 0.207. The Kier molecular flexibility index (Phi) is 5.89. The van der Waals surface area contributed by atoms with Crippen LogP contribution in [0, 0.1) is 18.7 Å². The SMILES string of the molecule is Cc1cc(Cl)c(CNCCC(C)CN)cc1F. The molecule has 3 N–H and O–H groups in total. The summed E-state index contributed by atoms with van der Waals surface area (Å²) < 4.78 is 13.3. The highest BCUT2D eigenvalue weighted by molar-refractivity contribution is 6.31. The first-order valence-electron chi connectivity index (χ1n) is 5.90. The van der Waals surface area contributed by atoms with Crippen molar-refractivity contribution in [2.75, 3.05) is 13.1 Å². The molecule has 1 atom stereocenters. The van der Waals surface area contributed by atoms with Crippen LogP contribution in [-0.4, -0.2) is 13.1 Å². The fourth-order valence-corrected chi connectivity index (χ4v) is 1.80. The molecule has 96 valence electrons. The molecule has 0 aliphatic heterocycles. The summed E-state index contributed by atoms with van der Waals surface area (Å²) in [4.78, 5) is 0. The molecular weight excluding hydrogens is 239 g/mol. The van der Waals surface area contributed by atoms with Gasteiger partial charge in [0.1, 0.15) is 5.82 Å². The van der Waals surface area contributed by atoms with Crippen LogP contribution in [0.2, 0.25) is 5.02 Å². The van der Waals surface area contributed by atoms with Crippen molar-refractivity contribution in [3.63, 3.8) is 0 Å². The molecule has 0 saturated carbocycles. The Balaban J connectivity index is 2.44. The fourth-order valence-electron chi connectivity index (χ4n) is 1.51. The molecule has 0 fully saturated rings. The van der Waals surface area contributed by atoms with E-state index < -0.39 is 0 Å². The summed E-state index contributed by atoms with van der Waals surface area (Å²) in [5, 5.41) is 3.86. The smallest absolute Gasteiger partial charge is 0.126 e. The number of aryl methyl sites for hydroxylation is 1. The normalized spacial score (nSPS) is 12.8. The van der Waals surface area contributed by atoms with Gasteiger partial charge in [-0.3, -0.25) is 0 Å². The Morgan fingerprint density at radius 3 is 2.82 bits per heavy atom. The van der Waals surface area contributed by atoms with E-state index in [-0.39, 0.29) is 5.82 Å². The van der Waals surface area contributed by atoms with Crippen molar-refractivity contribution in [1.82, 2.24) is 5.32 Å². The maximum Gasteiger partial charge on any atom is 0.126 e. The third kappa shape index (κ3) is 4.62. The summed E-state index contributed by atoms with van der Waals surface area (Å²) in [6, 6.07) is 3.16. The lowest BCUT2D eigenvalue weighted by Crippen LogP contribution is -2.20. The first kappa shape index (κ1) is 14.4. The van der Waals surface area contributed by atoms with E-state index in [0.717, 1.165) is 18.5 Å². The summed E-state index contributed by atoms with van der Waals surface area (Å²) in [5.74, 6) is 0.300. The maximum absolute atomic E-state index is 13.3. The van der Waals surface area contributed by atoms with Gasteiger partial charge in [-0.1, -0.05) is 18.5 Å². The second-order valence-electron chi connectivity index (χ2n) is 4.50. The van der Waals surface area contributed by atoms with Crippen LogP contribution in [0.4, 0.5) is 4.39 Å². The third-order valence-electron chi connectivity index (χ3n) is 2.86. The second kappa shape index (κ2) is 6.94. The molecule has 1 unspecified atom stereocenters. The van der Waals surface area contributed by atoms with E-state index in [1.807, 2.05) is 0 Å². The average Bonchev–Trinajstić information content (AvgIpc) is 2.30. The van der Waals surface area contributed by atoms with Crippen LogP contribution in [0.3, 0.4) is 0 Å². The van der Waals surface area contributed by atoms with Gasteiger partial charge >= 0.3 is 0 Å². The summed E-state index contributed by atoms with van der Waals surface area (Å²) in [6.07, 6.45) is 1.02. The zero-order chi connectivity index (χ0) is 12.8. The molecule has 0 amide bonds. The molecule has 1 aromatic rings. The molecule has 0 bridgehead atoms. The van der Waals surface area contributed by atoms with E-state index in [2.05, 4.69) is 12.2 Å². The summed E-state index contributed by atoms with van der Waals surface area (Å²) in [5.41, 5.74) is 6.91. The quantitative estimate of drug-likeness (QED) is 0.770. The van der Waals surface area contributed by atoms with Gasteiger partial charge in [0.25, 0.3) is 0 Å². The van der Waals surface area contributed by atoms with Gasteiger partial charge in [0, 0.05) is 11.6 Å². The number of nitrogens with two attached hydrogens (primary N) is 1. The van der Waals surface area contributed by atoms with E-state index in [9.17, 15) is 4.39 Å². The number of hydrogen-bond donors (Lipinski definition) is 2. The van der Waals surface area contributed by atoms with Crippen molar-refractivity contribution in [1.29, 1.82) is 0 Å². The number of nitrogens with one attached hydrogen (secondary N) is 1. The van der Waals surface area contributed by atoms with Gasteiger partial charge in [-0.25, -0.2) is 4.39 Å². The first-order valence-corrected chi connectivity index (χ1v) is 6.27. The zero-order valence-electron chi connectivity index (χ0n) is 10.4. The molecule has 0 aromatic heterocycles. The summed E-state index contributed by atoms with van der Waals surface area (Å²) in [6.45, 7) is 5.97. The monoisotopic (exact) mass is 258 g/mol. The molecule has 1 aromatic carbocycles. The van der Waals surface area contributed by atoms with Gasteiger partial charge in [-0.15, -0.1) is 0 Å². The number of halogens is 2. The van der Waals surface area contributed by atoms with Crippen molar-refractivity contribution in [2.24, 2.45) is 11.7 Å². The topological polar surface area (TPSA) is 38.0 Å². The van der Waals surface area contributed by atoms with Crippen molar-refractivity contribution in [3.8, 4) is 0 Å². The predicted molar refractivity (Wildman–Crippen MR) is 70.7 cm³/mol. The summed E-state index contributed by atoms with van der Waals surface area (Å²) in [7, 11) is 0. The molecule has 0 heterocycles. The van der Waals surface area contributed by atoms with Gasteiger partial charge in [-0.05, 0) is 55.6 Å². The lowest BCUT2D eigenvalue weighted by atomic mass is 10.1. The largest absolute Gasteiger partial charge is 0.330 e. The Bertz CT molecular complexity index is 369. The molecule has 0 radical (unpaired) electrons. The van der Waals surface area contributed by atoms with Crippen LogP contribution in [0.1, 0.15) is 24.5 Å². The van der Waals surface area contributed by atoms with Gasteiger partial charge in [-0.2, -0.15) is 0 Å². The maximum atomic E-state index is 13.3. The van der Waals surface area contributed by atoms with Crippen LogP contribution >= 0.6 is 11.6 Å². The highest BCUT2D eigenvalue weighted by Gasteiger charge is 2.05. The van der Waals surface area contributed by atoms with Gasteiger partial charge in [0.05, 0.1) is 0 Å². The van der Waals surface area contributed by atoms with Gasteiger partial charge < -0.3 is 11.1 Å². The lowest BCUT2D eigenvalue weighted by molar-refractivity contribution is 0.508. The van der Waals surface area contributed by atoms with E-state index >= 15 is 0 Å². The summed E-state index contributed by atoms with van der Waals surface area (Å²) >= 11 is 6.04. The Hall–Kier alpha value is -0.640. The number of rotatable bonds is 6. The second-order valence-corrected chi connectivity index (χ2v) is 4.91. The highest BCUT2D eigenvalue weighted by Crippen LogP contribution is 2.20. The average molecular weight is 259 g/mol. The van der Waals surface area contributed by atoms with Crippen molar-refractivity contribution >= 4 is 11.6 Å². The van der Waals surface area contributed by atoms with E-state index in [1.165, 1.54) is 6.07 Å². The third-order valence-corrected chi connectivity index (χ3v) is 3.21. The molecule has 0 spiro atoms. The van der Waals surface area contributed by atoms with E-state index in [4.69, 9.17) is 17.3 Å². The van der Waals surface area contributed by atoms with Crippen LogP contribution in [0.5, 0.6) is 0 Å². The molecule has 2 nitrogen and oxygen atoms in total. The van der Waals surface area contributed by atoms with Crippen molar-refractivity contribution in [3.05, 3.63) is 34.1 Å². The molecule has 0 aliphatic carbocycles. The van der Waals surface area contributed by atoms with Crippen LogP contribution < -0.4 is 11.1 Å². The Morgan fingerprint density at radius 1 is 1.47 bits per heavy atom. The molecule has 17 heavy (non-hydrogen) atoms. The van der Waals surface area contributed by atoms with E-state index in [1.54, 1.807) is 13.0 Å². The van der Waals surface area contributed by atoms with Crippen molar-refractivity contribution < 1.29 is 4.39 Å². The predicted octanol–water partition coefficient (Wildman–Crippen LogP) is 2.86. The van der Waals surface area contributed by atoms with Crippen LogP contribution in [-0.2, 0) is 6.54 Å². The van der Waals surface area contributed by atoms with E-state index in [0.29, 0.717) is 29.6 Å². The number of hydrogen-bond acceptors (Lipinski definition) is 2. The molecule has 0 aliphatic rings. The zero-order valence-corrected chi connectivity index (χ0v) is 11.1. The molecular formula is C13H20ClFN2. The van der Waals surface area contributed by atoms with Crippen LogP contribution in [0.15, 0.2) is 12.1 Å². The van der Waals surface area contributed by atoms with Gasteiger partial charge in [0.15, 0.2) is 0 Å². The Morgan fingerprint density at radius 2 is 2.18 bits per heavy atom. The Labute approximate surface area is 107 Å². The minimum atomic E-state index is -0.207. The molecule has 0 saturated heterocycles. The first-order chi connectivity index (χ1) is 8.04.